The molecule has 1 aliphatic heterocycles. The Kier molecular flexibility index (Phi) is 5.99. The Labute approximate surface area is 165 Å². The summed E-state index contributed by atoms with van der Waals surface area (Å²) in [6.45, 7) is 0. The van der Waals surface area contributed by atoms with Gasteiger partial charge >= 0.3 is 5.97 Å². The van der Waals surface area contributed by atoms with E-state index in [-0.39, 0.29) is 10.1 Å². The van der Waals surface area contributed by atoms with E-state index in [1.54, 1.807) is 12.3 Å². The van der Waals surface area contributed by atoms with Crippen LogP contribution in [0.5, 0.6) is 0 Å². The molecule has 0 aliphatic carbocycles. The first kappa shape index (κ1) is 19.1. The number of carbonyl (C=O) groups excluding carboxylic acids is 2. The van der Waals surface area contributed by atoms with Gasteiger partial charge in [0.1, 0.15) is 0 Å². The van der Waals surface area contributed by atoms with Gasteiger partial charge in [-0.25, -0.2) is 4.79 Å². The monoisotopic (exact) mass is 390 g/mol. The summed E-state index contributed by atoms with van der Waals surface area (Å²) in [5, 5.41) is 19.8. The van der Waals surface area contributed by atoms with Crippen molar-refractivity contribution in [2.45, 2.75) is 0 Å². The van der Waals surface area contributed by atoms with Crippen LogP contribution in [-0.4, -0.2) is 30.4 Å². The predicted octanol–water partition coefficient (Wildman–Crippen LogP) is 2.84. The number of carbonyl (C=O) groups is 2. The summed E-state index contributed by atoms with van der Waals surface area (Å²) in [6.07, 6.45) is 2.66. The predicted molar refractivity (Wildman–Crippen MR) is 107 cm³/mol. The molecule has 8 heteroatoms. The normalized spacial score (nSPS) is 16.4. The van der Waals surface area contributed by atoms with Gasteiger partial charge in [-0.05, 0) is 46.7 Å². The maximum Gasteiger partial charge on any atom is 0.331 e. The quantitative estimate of drug-likeness (QED) is 0.374. The van der Waals surface area contributed by atoms with Crippen molar-refractivity contribution in [2.75, 3.05) is 7.11 Å². The minimum absolute atomic E-state index is 0.195. The minimum atomic E-state index is -0.611. The SMILES string of the molecule is COC(=O)/C=C1/S/C(=N\N=Cc2cccc(-c3cccc(C#N)c3)c2)NC1=O. The number of rotatable bonds is 4. The molecule has 0 radical (unpaired) electrons. The zero-order valence-corrected chi connectivity index (χ0v) is 15.6. The first-order valence-corrected chi connectivity index (χ1v) is 8.91. The third-order valence-electron chi connectivity index (χ3n) is 3.67. The highest BCUT2D eigenvalue weighted by Crippen LogP contribution is 2.24. The topological polar surface area (TPSA) is 104 Å². The molecule has 3 rings (SSSR count). The lowest BCUT2D eigenvalue weighted by molar-refractivity contribution is -0.135. The van der Waals surface area contributed by atoms with Crippen LogP contribution in [0.1, 0.15) is 11.1 Å². The fourth-order valence-electron chi connectivity index (χ4n) is 2.36. The summed E-state index contributed by atoms with van der Waals surface area (Å²) in [6, 6.07) is 17.1. The van der Waals surface area contributed by atoms with Crippen LogP contribution < -0.4 is 5.32 Å². The Morgan fingerprint density at radius 2 is 1.96 bits per heavy atom. The second kappa shape index (κ2) is 8.79. The maximum atomic E-state index is 11.8. The zero-order valence-electron chi connectivity index (χ0n) is 14.7. The lowest BCUT2D eigenvalue weighted by Crippen LogP contribution is -2.19. The number of nitriles is 1. The molecular formula is C20H14N4O3S. The van der Waals surface area contributed by atoms with Gasteiger partial charge in [0.25, 0.3) is 5.91 Å². The van der Waals surface area contributed by atoms with Crippen molar-refractivity contribution in [3.05, 3.63) is 70.6 Å². The number of benzene rings is 2. The Balaban J connectivity index is 1.74. The van der Waals surface area contributed by atoms with Crippen LogP contribution in [0, 0.1) is 11.3 Å². The fraction of sp³-hybridized carbons (Fsp3) is 0.0500. The molecule has 1 aliphatic rings. The average Bonchev–Trinajstić information content (AvgIpc) is 3.07. The number of esters is 1. The lowest BCUT2D eigenvalue weighted by atomic mass is 10.0. The van der Waals surface area contributed by atoms with Gasteiger partial charge in [-0.15, -0.1) is 5.10 Å². The maximum absolute atomic E-state index is 11.8. The number of amides is 1. The van der Waals surface area contributed by atoms with E-state index >= 15 is 0 Å². The van der Waals surface area contributed by atoms with E-state index in [4.69, 9.17) is 5.26 Å². The molecule has 2 aromatic carbocycles. The molecule has 1 N–H and O–H groups in total. The summed E-state index contributed by atoms with van der Waals surface area (Å²) in [5.74, 6) is -1.04. The third-order valence-corrected chi connectivity index (χ3v) is 4.57. The number of nitrogens with one attached hydrogen (secondary N) is 1. The second-order valence-corrected chi connectivity index (χ2v) is 6.59. The number of nitrogens with zero attached hydrogens (tertiary/aromatic N) is 3. The minimum Gasteiger partial charge on any atom is -0.466 e. The van der Waals surface area contributed by atoms with Crippen LogP contribution in [-0.2, 0) is 14.3 Å². The zero-order chi connectivity index (χ0) is 19.9. The molecule has 2 aromatic rings. The van der Waals surface area contributed by atoms with E-state index in [0.717, 1.165) is 34.5 Å². The molecule has 1 heterocycles. The Morgan fingerprint density at radius 1 is 1.21 bits per heavy atom. The molecule has 0 aromatic heterocycles. The number of methoxy groups -OCH3 is 1. The van der Waals surface area contributed by atoms with Crippen LogP contribution in [0.15, 0.2) is 69.7 Å². The van der Waals surface area contributed by atoms with Crippen LogP contribution in [0.2, 0.25) is 0 Å². The second-order valence-electron chi connectivity index (χ2n) is 5.56. The van der Waals surface area contributed by atoms with E-state index in [0.29, 0.717) is 5.56 Å². The summed E-state index contributed by atoms with van der Waals surface area (Å²) >= 11 is 1.01. The van der Waals surface area contributed by atoms with E-state index in [9.17, 15) is 9.59 Å². The molecule has 28 heavy (non-hydrogen) atoms. The summed E-state index contributed by atoms with van der Waals surface area (Å²) in [5.41, 5.74) is 3.27. The summed E-state index contributed by atoms with van der Waals surface area (Å²) < 4.78 is 4.50. The van der Waals surface area contributed by atoms with Crippen molar-refractivity contribution in [1.82, 2.24) is 5.32 Å². The molecule has 1 saturated heterocycles. The van der Waals surface area contributed by atoms with Crippen molar-refractivity contribution < 1.29 is 14.3 Å². The van der Waals surface area contributed by atoms with E-state index in [1.165, 1.54) is 7.11 Å². The first-order valence-electron chi connectivity index (χ1n) is 8.09. The van der Waals surface area contributed by atoms with Gasteiger partial charge in [-0.1, -0.05) is 30.3 Å². The molecule has 0 unspecified atom stereocenters. The molecule has 138 valence electrons. The molecule has 1 amide bonds. The number of hydrogen-bond acceptors (Lipinski definition) is 7. The number of ether oxygens (including phenoxy) is 1. The number of amidine groups is 1. The summed E-state index contributed by atoms with van der Waals surface area (Å²) in [7, 11) is 1.24. The van der Waals surface area contributed by atoms with Crippen molar-refractivity contribution >= 4 is 35.0 Å². The van der Waals surface area contributed by atoms with Gasteiger partial charge in [0.15, 0.2) is 5.17 Å². The third kappa shape index (κ3) is 4.72. The molecular weight excluding hydrogens is 376 g/mol. The van der Waals surface area contributed by atoms with Crippen molar-refractivity contribution in [2.24, 2.45) is 10.2 Å². The Morgan fingerprint density at radius 3 is 2.71 bits per heavy atom. The highest BCUT2D eigenvalue weighted by molar-refractivity contribution is 8.18. The Hall–Kier alpha value is -3.70. The van der Waals surface area contributed by atoms with Crippen molar-refractivity contribution in [1.29, 1.82) is 5.26 Å². The van der Waals surface area contributed by atoms with Gasteiger partial charge in [0, 0.05) is 6.08 Å². The van der Waals surface area contributed by atoms with Crippen LogP contribution in [0.4, 0.5) is 0 Å². The molecule has 0 spiro atoms. The first-order chi connectivity index (χ1) is 13.6. The Bertz CT molecular complexity index is 1070. The fourth-order valence-corrected chi connectivity index (χ4v) is 3.09. The van der Waals surface area contributed by atoms with Crippen molar-refractivity contribution in [3.63, 3.8) is 0 Å². The molecule has 0 atom stereocenters. The average molecular weight is 390 g/mol. The number of thioether (sulfide) groups is 1. The highest BCUT2D eigenvalue weighted by Gasteiger charge is 2.24. The largest absolute Gasteiger partial charge is 0.466 e. The smallest absolute Gasteiger partial charge is 0.331 e. The molecule has 0 bridgehead atoms. The highest BCUT2D eigenvalue weighted by atomic mass is 32.2. The van der Waals surface area contributed by atoms with Crippen LogP contribution >= 0.6 is 11.8 Å². The molecule has 1 fully saturated rings. The van der Waals surface area contributed by atoms with E-state index < -0.39 is 11.9 Å². The van der Waals surface area contributed by atoms with Gasteiger partial charge < -0.3 is 4.74 Å². The lowest BCUT2D eigenvalue weighted by Gasteiger charge is -2.03. The van der Waals surface area contributed by atoms with E-state index in [2.05, 4.69) is 26.3 Å². The molecule has 7 nitrogen and oxygen atoms in total. The van der Waals surface area contributed by atoms with Crippen LogP contribution in [0.3, 0.4) is 0 Å². The molecule has 0 saturated carbocycles. The number of hydrogen-bond donors (Lipinski definition) is 1. The van der Waals surface area contributed by atoms with Crippen molar-refractivity contribution in [3.8, 4) is 17.2 Å². The standard InChI is InChI=1S/C20H14N4O3S/c1-27-18(25)10-17-19(26)23-20(28-17)24-22-12-14-5-3-7-16(9-14)15-6-2-4-13(8-15)11-21/h2-10,12H,1H3,(H,23,24,26)/b17-10+,22-12?. The van der Waals surface area contributed by atoms with Gasteiger partial charge in [-0.3, -0.25) is 10.1 Å². The van der Waals surface area contributed by atoms with Gasteiger partial charge in [0.2, 0.25) is 0 Å². The van der Waals surface area contributed by atoms with E-state index in [1.807, 2.05) is 42.5 Å². The summed E-state index contributed by atoms with van der Waals surface area (Å²) in [4.78, 5) is 23.2. The van der Waals surface area contributed by atoms with Crippen LogP contribution in [0.25, 0.3) is 11.1 Å². The van der Waals surface area contributed by atoms with Gasteiger partial charge in [-0.2, -0.15) is 10.4 Å². The van der Waals surface area contributed by atoms with Gasteiger partial charge in [0.05, 0.1) is 29.9 Å².